The third-order valence-corrected chi connectivity index (χ3v) is 6.27. The minimum atomic E-state index is -3.87. The van der Waals surface area contributed by atoms with Crippen molar-refractivity contribution >= 4 is 27.7 Å². The summed E-state index contributed by atoms with van der Waals surface area (Å²) in [6, 6.07) is 6.36. The van der Waals surface area contributed by atoms with Crippen molar-refractivity contribution in [2.24, 2.45) is 0 Å². The standard InChI is InChI=1S/C21H25NO7S/c1-5-28-20(24)18(21(25)29-6-2)11-16-12-22(13-19(16)15(4)23)30(26,27)17-9-7-14(3)8-10-17/h7-11H,5-6,12-13H2,1-4H3. The first-order chi connectivity index (χ1) is 14.1. The molecular formula is C21H25NO7S. The largest absolute Gasteiger partial charge is 0.462 e. The Morgan fingerprint density at radius 3 is 2.00 bits per heavy atom. The molecule has 8 nitrogen and oxygen atoms in total. The summed E-state index contributed by atoms with van der Waals surface area (Å²) in [5.74, 6) is -2.15. The Balaban J connectivity index is 2.44. The molecule has 0 spiro atoms. The highest BCUT2D eigenvalue weighted by Gasteiger charge is 2.34. The van der Waals surface area contributed by atoms with Crippen LogP contribution < -0.4 is 0 Å². The first kappa shape index (κ1) is 23.5. The highest BCUT2D eigenvalue weighted by Crippen LogP contribution is 2.27. The van der Waals surface area contributed by atoms with Crippen LogP contribution in [0.2, 0.25) is 0 Å². The first-order valence-electron chi connectivity index (χ1n) is 9.47. The van der Waals surface area contributed by atoms with E-state index in [2.05, 4.69) is 0 Å². The van der Waals surface area contributed by atoms with Crippen LogP contribution in [0.1, 0.15) is 26.3 Å². The number of sulfonamides is 1. The number of nitrogens with zero attached hydrogens (tertiary/aromatic N) is 1. The van der Waals surface area contributed by atoms with Gasteiger partial charge in [-0.05, 0) is 51.5 Å². The number of esters is 2. The highest BCUT2D eigenvalue weighted by molar-refractivity contribution is 7.89. The SMILES string of the molecule is CCOC(=O)C(=CC1=C(C(C)=O)CN(S(=O)(=O)c2ccc(C)cc2)C1)C(=O)OCC. The van der Waals surface area contributed by atoms with Crippen molar-refractivity contribution in [1.29, 1.82) is 0 Å². The van der Waals surface area contributed by atoms with Crippen molar-refractivity contribution in [3.63, 3.8) is 0 Å². The number of Topliss-reactive ketones (excluding diaryl/α,β-unsaturated/α-hetero) is 1. The fraction of sp³-hybridized carbons (Fsp3) is 0.381. The Hall–Kier alpha value is -2.78. The molecule has 0 N–H and O–H groups in total. The Labute approximate surface area is 176 Å². The second-order valence-corrected chi connectivity index (χ2v) is 8.58. The molecule has 0 aromatic heterocycles. The van der Waals surface area contributed by atoms with Crippen LogP contribution in [0.4, 0.5) is 0 Å². The summed E-state index contributed by atoms with van der Waals surface area (Å²) in [4.78, 5) is 36.7. The maximum absolute atomic E-state index is 13.0. The van der Waals surface area contributed by atoms with Gasteiger partial charge in [-0.1, -0.05) is 17.7 Å². The zero-order valence-corrected chi connectivity index (χ0v) is 18.2. The second kappa shape index (κ2) is 9.82. The van der Waals surface area contributed by atoms with Gasteiger partial charge < -0.3 is 9.47 Å². The number of aryl methyl sites for hydroxylation is 1. The maximum atomic E-state index is 13.0. The molecule has 1 aliphatic heterocycles. The molecule has 0 saturated heterocycles. The molecule has 1 heterocycles. The van der Waals surface area contributed by atoms with Crippen LogP contribution in [0.5, 0.6) is 0 Å². The molecule has 2 rings (SSSR count). The van der Waals surface area contributed by atoms with Gasteiger partial charge in [-0.15, -0.1) is 0 Å². The van der Waals surface area contributed by atoms with E-state index in [9.17, 15) is 22.8 Å². The Kier molecular flexibility index (Phi) is 7.69. The molecule has 1 aliphatic rings. The summed E-state index contributed by atoms with van der Waals surface area (Å²) in [6.45, 7) is 6.10. The van der Waals surface area contributed by atoms with Gasteiger partial charge in [-0.2, -0.15) is 4.31 Å². The maximum Gasteiger partial charge on any atom is 0.345 e. The summed E-state index contributed by atoms with van der Waals surface area (Å²) in [5, 5.41) is 0. The Morgan fingerprint density at radius 2 is 1.53 bits per heavy atom. The topological polar surface area (TPSA) is 107 Å². The van der Waals surface area contributed by atoms with Gasteiger partial charge in [0.2, 0.25) is 10.0 Å². The molecule has 30 heavy (non-hydrogen) atoms. The summed E-state index contributed by atoms with van der Waals surface area (Å²) in [7, 11) is -3.87. The average molecular weight is 435 g/mol. The van der Waals surface area contributed by atoms with Crippen LogP contribution in [0, 0.1) is 6.92 Å². The van der Waals surface area contributed by atoms with Gasteiger partial charge >= 0.3 is 11.9 Å². The molecular weight excluding hydrogens is 410 g/mol. The van der Waals surface area contributed by atoms with Crippen molar-refractivity contribution in [2.75, 3.05) is 26.3 Å². The smallest absolute Gasteiger partial charge is 0.345 e. The minimum absolute atomic E-state index is 0.0438. The summed E-state index contributed by atoms with van der Waals surface area (Å²) in [5.41, 5.74) is 0.989. The molecule has 0 amide bonds. The predicted octanol–water partition coefficient (Wildman–Crippen LogP) is 1.94. The van der Waals surface area contributed by atoms with Crippen molar-refractivity contribution in [3.05, 3.63) is 52.6 Å². The zero-order valence-electron chi connectivity index (χ0n) is 17.4. The van der Waals surface area contributed by atoms with Gasteiger partial charge in [-0.25, -0.2) is 18.0 Å². The fourth-order valence-electron chi connectivity index (χ4n) is 2.91. The van der Waals surface area contributed by atoms with E-state index in [0.29, 0.717) is 0 Å². The molecule has 0 unspecified atom stereocenters. The number of carbonyl (C=O) groups is 3. The minimum Gasteiger partial charge on any atom is -0.462 e. The van der Waals surface area contributed by atoms with Crippen LogP contribution in [0.3, 0.4) is 0 Å². The van der Waals surface area contributed by atoms with Gasteiger partial charge in [0.05, 0.1) is 18.1 Å². The highest BCUT2D eigenvalue weighted by atomic mass is 32.2. The lowest BCUT2D eigenvalue weighted by Crippen LogP contribution is -2.30. The molecule has 9 heteroatoms. The van der Waals surface area contributed by atoms with Gasteiger partial charge in [0, 0.05) is 18.7 Å². The second-order valence-electron chi connectivity index (χ2n) is 6.65. The number of ether oxygens (including phenoxy) is 2. The van der Waals surface area contributed by atoms with Crippen LogP contribution in [0.15, 0.2) is 52.0 Å². The molecule has 0 bridgehead atoms. The van der Waals surface area contributed by atoms with E-state index >= 15 is 0 Å². The monoisotopic (exact) mass is 435 g/mol. The van der Waals surface area contributed by atoms with Crippen LogP contribution >= 0.6 is 0 Å². The number of benzene rings is 1. The first-order valence-corrected chi connectivity index (χ1v) is 10.9. The van der Waals surface area contributed by atoms with Crippen LogP contribution in [0.25, 0.3) is 0 Å². The third kappa shape index (κ3) is 5.22. The average Bonchev–Trinajstić information content (AvgIpc) is 3.12. The lowest BCUT2D eigenvalue weighted by atomic mass is 10.1. The van der Waals surface area contributed by atoms with Crippen molar-refractivity contribution in [3.8, 4) is 0 Å². The number of carbonyl (C=O) groups excluding carboxylic acids is 3. The van der Waals surface area contributed by atoms with E-state index in [1.165, 1.54) is 25.1 Å². The third-order valence-electron chi connectivity index (χ3n) is 4.46. The molecule has 0 saturated carbocycles. The van der Waals surface area contributed by atoms with Crippen LogP contribution in [-0.2, 0) is 33.9 Å². The van der Waals surface area contributed by atoms with Gasteiger partial charge in [0.25, 0.3) is 0 Å². The molecule has 1 aromatic rings. The van der Waals surface area contributed by atoms with Crippen LogP contribution in [-0.4, -0.2) is 56.7 Å². The lowest BCUT2D eigenvalue weighted by Gasteiger charge is -2.16. The van der Waals surface area contributed by atoms with E-state index in [1.54, 1.807) is 26.0 Å². The van der Waals surface area contributed by atoms with Crippen molar-refractivity contribution in [2.45, 2.75) is 32.6 Å². The summed E-state index contributed by atoms with van der Waals surface area (Å²) < 4.78 is 36.9. The van der Waals surface area contributed by atoms with Gasteiger partial charge in [0.15, 0.2) is 5.78 Å². The zero-order chi connectivity index (χ0) is 22.5. The van der Waals surface area contributed by atoms with E-state index in [1.807, 2.05) is 6.92 Å². The quantitative estimate of drug-likeness (QED) is 0.266. The number of rotatable bonds is 8. The Bertz CT molecular complexity index is 984. The summed E-state index contributed by atoms with van der Waals surface area (Å²) in [6.07, 6.45) is 1.19. The van der Waals surface area contributed by atoms with E-state index < -0.39 is 22.0 Å². The van der Waals surface area contributed by atoms with Crippen molar-refractivity contribution in [1.82, 2.24) is 4.31 Å². The fourth-order valence-corrected chi connectivity index (χ4v) is 4.30. The molecule has 0 radical (unpaired) electrons. The van der Waals surface area contributed by atoms with Gasteiger partial charge in [-0.3, -0.25) is 4.79 Å². The molecule has 0 aliphatic carbocycles. The molecule has 0 atom stereocenters. The lowest BCUT2D eigenvalue weighted by molar-refractivity contribution is -0.146. The van der Waals surface area contributed by atoms with E-state index in [-0.39, 0.29) is 53.7 Å². The number of ketones is 1. The van der Waals surface area contributed by atoms with E-state index in [4.69, 9.17) is 9.47 Å². The molecule has 162 valence electrons. The number of hydrogen-bond acceptors (Lipinski definition) is 7. The predicted molar refractivity (Wildman–Crippen MR) is 109 cm³/mol. The molecule has 0 fully saturated rings. The van der Waals surface area contributed by atoms with Crippen molar-refractivity contribution < 1.29 is 32.3 Å². The summed E-state index contributed by atoms with van der Waals surface area (Å²) >= 11 is 0. The normalized spacial score (nSPS) is 14.4. The molecule has 1 aromatic carbocycles. The van der Waals surface area contributed by atoms with E-state index in [0.717, 1.165) is 9.87 Å². The Morgan fingerprint density at radius 1 is 1.00 bits per heavy atom. The van der Waals surface area contributed by atoms with Gasteiger partial charge in [0.1, 0.15) is 5.57 Å². The number of hydrogen-bond donors (Lipinski definition) is 0.